The summed E-state index contributed by atoms with van der Waals surface area (Å²) in [5.41, 5.74) is 1.85. The van der Waals surface area contributed by atoms with Crippen LogP contribution in [0, 0.1) is 0 Å². The van der Waals surface area contributed by atoms with Gasteiger partial charge in [0.05, 0.1) is 17.3 Å². The third-order valence-corrected chi connectivity index (χ3v) is 5.78. The Balaban J connectivity index is 1.62. The lowest BCUT2D eigenvalue weighted by Crippen LogP contribution is -2.35. The second-order valence-electron chi connectivity index (χ2n) is 6.42. The van der Waals surface area contributed by atoms with Crippen molar-refractivity contribution in [2.45, 2.75) is 11.7 Å². The number of halogens is 1. The lowest BCUT2D eigenvalue weighted by Gasteiger charge is -2.13. The second kappa shape index (κ2) is 8.67. The summed E-state index contributed by atoms with van der Waals surface area (Å²) in [7, 11) is 0. The number of nitrogens with zero attached hydrogens (tertiary/aromatic N) is 4. The molecule has 0 radical (unpaired) electrons. The van der Waals surface area contributed by atoms with Gasteiger partial charge >= 0.3 is 6.03 Å². The zero-order valence-corrected chi connectivity index (χ0v) is 17.0. The van der Waals surface area contributed by atoms with Crippen molar-refractivity contribution in [3.8, 4) is 11.4 Å². The summed E-state index contributed by atoms with van der Waals surface area (Å²) in [6.45, 7) is 1.41. The van der Waals surface area contributed by atoms with Crippen molar-refractivity contribution in [1.29, 1.82) is 0 Å². The number of urea groups is 1. The normalized spacial score (nSPS) is 13.6. The molecule has 1 aliphatic heterocycles. The lowest BCUT2D eigenvalue weighted by molar-refractivity contribution is -0.124. The molecule has 0 spiro atoms. The Labute approximate surface area is 177 Å². The predicted molar refractivity (Wildman–Crippen MR) is 112 cm³/mol. The number of carbonyl (C=O) groups excluding carboxylic acids is 2. The SMILES string of the molecule is O=C(CSc1nnc(-c2ccccc2Cl)n1Cc1ccccc1)N1CCNC1=O. The molecular formula is C20H18ClN5O2S. The van der Waals surface area contributed by atoms with Gasteiger partial charge in [0, 0.05) is 18.7 Å². The molecule has 3 aromatic rings. The first-order chi connectivity index (χ1) is 14.1. The standard InChI is InChI=1S/C20H18ClN5O2S/c21-16-9-5-4-8-15(16)18-23-24-20(26(18)12-14-6-2-1-3-7-14)29-13-17(27)25-11-10-22-19(25)28/h1-9H,10-13H2,(H,22,28). The van der Waals surface area contributed by atoms with E-state index in [-0.39, 0.29) is 17.7 Å². The van der Waals surface area contributed by atoms with Crippen molar-refractivity contribution in [3.05, 3.63) is 65.2 Å². The molecule has 1 aromatic heterocycles. The minimum Gasteiger partial charge on any atom is -0.336 e. The maximum absolute atomic E-state index is 12.4. The Kier molecular flexibility index (Phi) is 5.82. The molecule has 148 valence electrons. The summed E-state index contributed by atoms with van der Waals surface area (Å²) in [6.07, 6.45) is 0. The van der Waals surface area contributed by atoms with Crippen LogP contribution < -0.4 is 5.32 Å². The summed E-state index contributed by atoms with van der Waals surface area (Å²) < 4.78 is 1.94. The fraction of sp³-hybridized carbons (Fsp3) is 0.200. The number of amides is 3. The van der Waals surface area contributed by atoms with Crippen molar-refractivity contribution in [2.24, 2.45) is 0 Å². The smallest absolute Gasteiger partial charge is 0.324 e. The zero-order chi connectivity index (χ0) is 20.2. The number of rotatable bonds is 6. The van der Waals surface area contributed by atoms with Gasteiger partial charge in [-0.1, -0.05) is 65.8 Å². The van der Waals surface area contributed by atoms with Crippen LogP contribution in [0.5, 0.6) is 0 Å². The lowest BCUT2D eigenvalue weighted by atomic mass is 10.2. The van der Waals surface area contributed by atoms with Crippen LogP contribution >= 0.6 is 23.4 Å². The first-order valence-electron chi connectivity index (χ1n) is 9.06. The molecule has 7 nitrogen and oxygen atoms in total. The molecule has 9 heteroatoms. The van der Waals surface area contributed by atoms with Gasteiger partial charge in [-0.05, 0) is 17.7 Å². The van der Waals surface area contributed by atoms with Crippen LogP contribution in [0.25, 0.3) is 11.4 Å². The van der Waals surface area contributed by atoms with Crippen molar-refractivity contribution in [1.82, 2.24) is 25.0 Å². The minimum absolute atomic E-state index is 0.100. The molecule has 1 fully saturated rings. The van der Waals surface area contributed by atoms with Crippen LogP contribution in [0.3, 0.4) is 0 Å². The van der Waals surface area contributed by atoms with Gasteiger partial charge in [0.1, 0.15) is 0 Å². The van der Waals surface area contributed by atoms with Gasteiger partial charge in [-0.25, -0.2) is 4.79 Å². The molecule has 0 atom stereocenters. The molecule has 1 N–H and O–H groups in total. The summed E-state index contributed by atoms with van der Waals surface area (Å²) in [6, 6.07) is 17.0. The molecule has 2 aromatic carbocycles. The van der Waals surface area contributed by atoms with E-state index in [1.165, 1.54) is 16.7 Å². The van der Waals surface area contributed by atoms with E-state index in [1.54, 1.807) is 6.07 Å². The van der Waals surface area contributed by atoms with Crippen molar-refractivity contribution in [2.75, 3.05) is 18.8 Å². The van der Waals surface area contributed by atoms with Crippen LogP contribution in [0.4, 0.5) is 4.79 Å². The average molecular weight is 428 g/mol. The summed E-state index contributed by atoms with van der Waals surface area (Å²) in [5.74, 6) is 0.481. The molecule has 0 aliphatic carbocycles. The van der Waals surface area contributed by atoms with Crippen LogP contribution in [0.1, 0.15) is 5.56 Å². The highest BCUT2D eigenvalue weighted by atomic mass is 35.5. The van der Waals surface area contributed by atoms with Gasteiger partial charge in [-0.15, -0.1) is 10.2 Å². The number of nitrogens with one attached hydrogen (secondary N) is 1. The highest BCUT2D eigenvalue weighted by Crippen LogP contribution is 2.30. The van der Waals surface area contributed by atoms with Crippen molar-refractivity contribution >= 4 is 35.3 Å². The molecule has 1 aliphatic rings. The molecule has 3 amide bonds. The van der Waals surface area contributed by atoms with E-state index in [9.17, 15) is 9.59 Å². The van der Waals surface area contributed by atoms with E-state index in [4.69, 9.17) is 11.6 Å². The van der Waals surface area contributed by atoms with E-state index in [0.717, 1.165) is 11.1 Å². The Hall–Kier alpha value is -2.84. The molecule has 0 saturated carbocycles. The molecule has 0 unspecified atom stereocenters. The first kappa shape index (κ1) is 19.5. The summed E-state index contributed by atoms with van der Waals surface area (Å²) in [4.78, 5) is 25.3. The van der Waals surface area contributed by atoms with Gasteiger partial charge in [0.2, 0.25) is 5.91 Å². The number of thioether (sulfide) groups is 1. The van der Waals surface area contributed by atoms with Gasteiger partial charge in [-0.2, -0.15) is 0 Å². The van der Waals surface area contributed by atoms with E-state index in [1.807, 2.05) is 53.1 Å². The number of carbonyl (C=O) groups is 2. The number of benzene rings is 2. The maximum atomic E-state index is 12.4. The average Bonchev–Trinajstić information content (AvgIpc) is 3.34. The maximum Gasteiger partial charge on any atom is 0.324 e. The van der Waals surface area contributed by atoms with Gasteiger partial charge < -0.3 is 5.32 Å². The van der Waals surface area contributed by atoms with Gasteiger partial charge in [0.25, 0.3) is 0 Å². The molecule has 29 heavy (non-hydrogen) atoms. The van der Waals surface area contributed by atoms with Crippen LogP contribution in [-0.2, 0) is 11.3 Å². The highest BCUT2D eigenvalue weighted by molar-refractivity contribution is 7.99. The van der Waals surface area contributed by atoms with Crippen molar-refractivity contribution < 1.29 is 9.59 Å². The van der Waals surface area contributed by atoms with E-state index in [0.29, 0.717) is 35.6 Å². The molecule has 4 rings (SSSR count). The van der Waals surface area contributed by atoms with Crippen LogP contribution in [-0.4, -0.2) is 50.4 Å². The van der Waals surface area contributed by atoms with Crippen molar-refractivity contribution in [3.63, 3.8) is 0 Å². The first-order valence-corrected chi connectivity index (χ1v) is 10.4. The topological polar surface area (TPSA) is 80.1 Å². The number of hydrogen-bond acceptors (Lipinski definition) is 5. The third-order valence-electron chi connectivity index (χ3n) is 4.50. The number of hydrogen-bond donors (Lipinski definition) is 1. The Morgan fingerprint density at radius 1 is 1.10 bits per heavy atom. The Bertz CT molecular complexity index is 1040. The van der Waals surface area contributed by atoms with Crippen LogP contribution in [0.15, 0.2) is 59.8 Å². The van der Waals surface area contributed by atoms with E-state index < -0.39 is 0 Å². The third kappa shape index (κ3) is 4.28. The predicted octanol–water partition coefficient (Wildman–Crippen LogP) is 3.29. The second-order valence-corrected chi connectivity index (χ2v) is 7.77. The minimum atomic E-state index is -0.349. The fourth-order valence-electron chi connectivity index (χ4n) is 3.06. The number of aromatic nitrogens is 3. The Morgan fingerprint density at radius 3 is 2.59 bits per heavy atom. The fourth-order valence-corrected chi connectivity index (χ4v) is 4.09. The molecule has 1 saturated heterocycles. The van der Waals surface area contributed by atoms with E-state index in [2.05, 4.69) is 15.5 Å². The largest absolute Gasteiger partial charge is 0.336 e. The molecule has 2 heterocycles. The summed E-state index contributed by atoms with van der Waals surface area (Å²) in [5, 5.41) is 12.4. The Morgan fingerprint density at radius 2 is 1.86 bits per heavy atom. The molecule has 0 bridgehead atoms. The zero-order valence-electron chi connectivity index (χ0n) is 15.4. The number of imide groups is 1. The van der Waals surface area contributed by atoms with Crippen LogP contribution in [0.2, 0.25) is 5.02 Å². The summed E-state index contributed by atoms with van der Waals surface area (Å²) >= 11 is 7.64. The van der Waals surface area contributed by atoms with E-state index >= 15 is 0 Å². The molecular weight excluding hydrogens is 410 g/mol. The van der Waals surface area contributed by atoms with Gasteiger partial charge in [-0.3, -0.25) is 14.3 Å². The van der Waals surface area contributed by atoms with Gasteiger partial charge in [0.15, 0.2) is 11.0 Å². The monoisotopic (exact) mass is 427 g/mol. The highest BCUT2D eigenvalue weighted by Gasteiger charge is 2.27. The quantitative estimate of drug-likeness (QED) is 0.610.